The fraction of sp³-hybridized carbons (Fsp3) is 0.531. The van der Waals surface area contributed by atoms with Gasteiger partial charge in [-0.2, -0.15) is 15.1 Å². The number of nitrogens with zero attached hydrogens (tertiary/aromatic N) is 5. The lowest BCUT2D eigenvalue weighted by atomic mass is 9.93. The maximum Gasteiger partial charge on any atom is 0.319 e. The van der Waals surface area contributed by atoms with Gasteiger partial charge in [-0.1, -0.05) is 6.07 Å². The van der Waals surface area contributed by atoms with E-state index in [4.69, 9.17) is 24.2 Å². The molecule has 0 spiro atoms. The number of anilines is 1. The first-order valence-electron chi connectivity index (χ1n) is 15.1. The van der Waals surface area contributed by atoms with Crippen LogP contribution in [0.1, 0.15) is 57.4 Å². The quantitative estimate of drug-likeness (QED) is 0.288. The molecule has 0 unspecified atom stereocenters. The second kappa shape index (κ2) is 10.7. The third kappa shape index (κ3) is 4.84. The topological polar surface area (TPSA) is 88.6 Å². The molecule has 4 aromatic rings. The number of methoxy groups -OCH3 is 1. The number of likely N-dealkylation sites (N-methyl/N-ethyl adjacent to an activating group) is 1. The zero-order valence-corrected chi connectivity index (χ0v) is 24.6. The molecule has 2 aliphatic heterocycles. The van der Waals surface area contributed by atoms with E-state index in [1.807, 2.05) is 6.20 Å². The van der Waals surface area contributed by atoms with E-state index in [1.165, 1.54) is 12.8 Å². The van der Waals surface area contributed by atoms with Crippen molar-refractivity contribution in [3.8, 4) is 28.6 Å². The molecule has 2 aromatic heterocycles. The van der Waals surface area contributed by atoms with Gasteiger partial charge in [0.1, 0.15) is 23.7 Å². The minimum absolute atomic E-state index is 0.164. The second-order valence-corrected chi connectivity index (χ2v) is 12.0. The van der Waals surface area contributed by atoms with Crippen molar-refractivity contribution >= 4 is 27.6 Å². The van der Waals surface area contributed by atoms with Crippen molar-refractivity contribution in [3.05, 3.63) is 30.0 Å². The van der Waals surface area contributed by atoms with Crippen molar-refractivity contribution in [2.24, 2.45) is 0 Å². The predicted octanol–water partition coefficient (Wildman–Crippen LogP) is 5.88. The fourth-order valence-electron chi connectivity index (χ4n) is 6.56. The largest absolute Gasteiger partial charge is 0.496 e. The van der Waals surface area contributed by atoms with Gasteiger partial charge in [0.15, 0.2) is 5.75 Å². The smallest absolute Gasteiger partial charge is 0.319 e. The Morgan fingerprint density at radius 2 is 1.88 bits per heavy atom. The Morgan fingerprint density at radius 3 is 2.63 bits per heavy atom. The minimum Gasteiger partial charge on any atom is -0.496 e. The Balaban J connectivity index is 1.47. The van der Waals surface area contributed by atoms with Crippen LogP contribution in [-0.4, -0.2) is 77.1 Å². The van der Waals surface area contributed by atoms with E-state index in [0.29, 0.717) is 24.7 Å². The average molecular weight is 557 g/mol. The van der Waals surface area contributed by atoms with Crippen LogP contribution in [0.2, 0.25) is 0 Å². The van der Waals surface area contributed by atoms with Gasteiger partial charge in [0.05, 0.1) is 35.9 Å². The van der Waals surface area contributed by atoms with Crippen LogP contribution in [0.25, 0.3) is 32.9 Å². The zero-order chi connectivity index (χ0) is 28.1. The summed E-state index contributed by atoms with van der Waals surface area (Å²) in [5.74, 6) is 2.40. The van der Waals surface area contributed by atoms with Crippen LogP contribution in [0.3, 0.4) is 0 Å². The molecule has 7 rings (SSSR count). The summed E-state index contributed by atoms with van der Waals surface area (Å²) < 4.78 is 19.3. The van der Waals surface area contributed by atoms with E-state index in [1.54, 1.807) is 7.11 Å². The van der Waals surface area contributed by atoms with Crippen molar-refractivity contribution < 1.29 is 14.2 Å². The number of piperidine rings is 1. The van der Waals surface area contributed by atoms with E-state index in [-0.39, 0.29) is 6.10 Å². The van der Waals surface area contributed by atoms with Crippen molar-refractivity contribution in [2.45, 2.75) is 77.0 Å². The molecule has 3 fully saturated rings. The van der Waals surface area contributed by atoms with Gasteiger partial charge in [0.25, 0.3) is 0 Å². The molecule has 9 heteroatoms. The number of benzene rings is 2. The van der Waals surface area contributed by atoms with Gasteiger partial charge < -0.3 is 24.0 Å². The van der Waals surface area contributed by atoms with Crippen LogP contribution in [0.4, 0.5) is 5.82 Å². The number of H-pyrrole nitrogens is 1. The number of aryl methyl sites for hydroxylation is 1. The third-order valence-corrected chi connectivity index (χ3v) is 9.13. The molecular formula is C32H40N6O3. The molecule has 1 N–H and O–H groups in total. The highest BCUT2D eigenvalue weighted by molar-refractivity contribution is 6.06. The summed E-state index contributed by atoms with van der Waals surface area (Å²) in [5.41, 5.74) is 4.84. The Hall–Kier alpha value is -3.59. The molecule has 2 atom stereocenters. The molecular weight excluding hydrogens is 516 g/mol. The summed E-state index contributed by atoms with van der Waals surface area (Å²) in [6.45, 7) is 7.04. The highest BCUT2D eigenvalue weighted by Crippen LogP contribution is 2.50. The summed E-state index contributed by atoms with van der Waals surface area (Å²) in [6.07, 6.45) is 9.95. The summed E-state index contributed by atoms with van der Waals surface area (Å²) in [4.78, 5) is 15.0. The van der Waals surface area contributed by atoms with E-state index in [9.17, 15) is 0 Å². The van der Waals surface area contributed by atoms with Crippen LogP contribution in [0.15, 0.2) is 24.4 Å². The number of aromatic amines is 1. The Bertz CT molecular complexity index is 1580. The molecule has 9 nitrogen and oxygen atoms in total. The number of ether oxygens (including phenoxy) is 3. The average Bonchev–Trinajstić information content (AvgIpc) is 3.50. The molecule has 2 saturated heterocycles. The first kappa shape index (κ1) is 26.3. The molecule has 4 heterocycles. The van der Waals surface area contributed by atoms with Gasteiger partial charge in [-0.25, -0.2) is 0 Å². The monoisotopic (exact) mass is 556 g/mol. The molecule has 41 heavy (non-hydrogen) atoms. The number of nitrogens with one attached hydrogen (secondary N) is 1. The summed E-state index contributed by atoms with van der Waals surface area (Å²) in [5, 5.41) is 9.45. The number of aromatic nitrogens is 4. The van der Waals surface area contributed by atoms with Gasteiger partial charge in [0.2, 0.25) is 0 Å². The van der Waals surface area contributed by atoms with Crippen LogP contribution in [0.5, 0.6) is 17.5 Å². The van der Waals surface area contributed by atoms with Crippen molar-refractivity contribution in [1.82, 2.24) is 25.1 Å². The van der Waals surface area contributed by atoms with Crippen molar-refractivity contribution in [3.63, 3.8) is 0 Å². The summed E-state index contributed by atoms with van der Waals surface area (Å²) in [7, 11) is 3.90. The summed E-state index contributed by atoms with van der Waals surface area (Å²) in [6, 6.07) is 7.46. The molecule has 1 saturated carbocycles. The molecule has 0 bridgehead atoms. The molecule has 3 aliphatic rings. The molecule has 0 radical (unpaired) electrons. The van der Waals surface area contributed by atoms with Crippen LogP contribution in [-0.2, 0) is 0 Å². The van der Waals surface area contributed by atoms with Gasteiger partial charge in [-0.15, -0.1) is 0 Å². The second-order valence-electron chi connectivity index (χ2n) is 12.0. The lowest BCUT2D eigenvalue weighted by Gasteiger charge is -2.35. The predicted molar refractivity (Wildman–Crippen MR) is 161 cm³/mol. The number of hydrogen-bond acceptors (Lipinski definition) is 8. The Kier molecular flexibility index (Phi) is 6.85. The van der Waals surface area contributed by atoms with Crippen LogP contribution in [0, 0.1) is 6.92 Å². The molecule has 0 amide bonds. The first-order valence-corrected chi connectivity index (χ1v) is 15.1. The van der Waals surface area contributed by atoms with Gasteiger partial charge >= 0.3 is 6.01 Å². The number of rotatable bonds is 8. The van der Waals surface area contributed by atoms with E-state index >= 15 is 0 Å². The maximum absolute atomic E-state index is 6.78. The summed E-state index contributed by atoms with van der Waals surface area (Å²) >= 11 is 0. The van der Waals surface area contributed by atoms with E-state index in [2.05, 4.69) is 59.1 Å². The molecule has 216 valence electrons. The lowest BCUT2D eigenvalue weighted by molar-refractivity contribution is 0.188. The zero-order valence-electron chi connectivity index (χ0n) is 24.6. The van der Waals surface area contributed by atoms with Crippen molar-refractivity contribution in [1.29, 1.82) is 0 Å². The number of likely N-dealkylation sites (tertiary alicyclic amines) is 1. The molecule has 1 aliphatic carbocycles. The van der Waals surface area contributed by atoms with Crippen molar-refractivity contribution in [2.75, 3.05) is 38.8 Å². The SMILES string of the molecule is COc1cc2c(N3CCCC[C@@H]3C)nc(OC[C@@H]3CCCN3C)nc2c(OC2CC2)c1-c1c(C)ccc2[nH]ncc12. The fourth-order valence-corrected chi connectivity index (χ4v) is 6.56. The Labute approximate surface area is 241 Å². The highest BCUT2D eigenvalue weighted by atomic mass is 16.5. The molecule has 2 aromatic carbocycles. The standard InChI is InChI=1S/C32H40N6O3/c1-19-10-13-25-24(17-33-36-25)27(19)28-26(39-4)16-23-29(30(28)41-22-11-12-22)34-32(40-18-21-9-7-14-37(21)3)35-31(23)38-15-6-5-8-20(38)2/h10,13,16-17,20-22H,5-9,11-12,14-15,18H2,1-4H3,(H,33,36)/t20-,21-/m0/s1. The van der Waals surface area contributed by atoms with Crippen LogP contribution >= 0.6 is 0 Å². The van der Waals surface area contributed by atoms with Gasteiger partial charge in [-0.05, 0) is 90.1 Å². The van der Waals surface area contributed by atoms with E-state index in [0.717, 1.165) is 101 Å². The number of hydrogen-bond donors (Lipinski definition) is 1. The van der Waals surface area contributed by atoms with Crippen LogP contribution < -0.4 is 19.1 Å². The highest BCUT2D eigenvalue weighted by Gasteiger charge is 2.32. The lowest BCUT2D eigenvalue weighted by Crippen LogP contribution is -2.38. The third-order valence-electron chi connectivity index (χ3n) is 9.13. The Morgan fingerprint density at radius 1 is 1.00 bits per heavy atom. The minimum atomic E-state index is 0.164. The normalized spacial score (nSPS) is 21.6. The van der Waals surface area contributed by atoms with E-state index < -0.39 is 0 Å². The van der Waals surface area contributed by atoms with Gasteiger partial charge in [0, 0.05) is 29.6 Å². The maximum atomic E-state index is 6.78. The first-order chi connectivity index (χ1) is 20.0. The van der Waals surface area contributed by atoms with Gasteiger partial charge in [-0.3, -0.25) is 5.10 Å². The number of fused-ring (bicyclic) bond motifs is 2.